The van der Waals surface area contributed by atoms with E-state index < -0.39 is 0 Å². The topological polar surface area (TPSA) is 60.2 Å². The average molecular weight is 370 g/mol. The van der Waals surface area contributed by atoms with Crippen molar-refractivity contribution in [1.82, 2.24) is 14.8 Å². The second kappa shape index (κ2) is 4.80. The lowest BCUT2D eigenvalue weighted by molar-refractivity contribution is -0.121. The van der Waals surface area contributed by atoms with Crippen molar-refractivity contribution in [3.63, 3.8) is 0 Å². The maximum atomic E-state index is 12.0. The van der Waals surface area contributed by atoms with Crippen molar-refractivity contribution >= 4 is 34.2 Å². The van der Waals surface area contributed by atoms with Gasteiger partial charge in [0.25, 0.3) is 5.91 Å². The standard InChI is InChI=1S/C12H11IN4O2/c1-16-11(14-7-15-16)5-17-9-4-8(13)2-3-10(9)19-6-12(17)18/h2-4,7H,5-6H2,1H3. The van der Waals surface area contributed by atoms with Crippen molar-refractivity contribution in [3.05, 3.63) is 33.9 Å². The molecule has 0 atom stereocenters. The number of halogens is 1. The Hall–Kier alpha value is -1.64. The van der Waals surface area contributed by atoms with Crippen LogP contribution in [-0.2, 0) is 18.4 Å². The van der Waals surface area contributed by atoms with Crippen LogP contribution in [0.2, 0.25) is 0 Å². The van der Waals surface area contributed by atoms with Gasteiger partial charge in [0, 0.05) is 10.6 Å². The number of hydrogen-bond donors (Lipinski definition) is 0. The molecule has 0 saturated carbocycles. The van der Waals surface area contributed by atoms with Crippen LogP contribution in [0.4, 0.5) is 5.69 Å². The summed E-state index contributed by atoms with van der Waals surface area (Å²) in [5.41, 5.74) is 0.783. The highest BCUT2D eigenvalue weighted by Crippen LogP contribution is 2.34. The van der Waals surface area contributed by atoms with E-state index in [1.807, 2.05) is 25.2 Å². The first kappa shape index (κ1) is 12.4. The normalized spacial score (nSPS) is 14.2. The van der Waals surface area contributed by atoms with Gasteiger partial charge in [-0.05, 0) is 40.8 Å². The van der Waals surface area contributed by atoms with Crippen LogP contribution in [-0.4, -0.2) is 27.3 Å². The molecule has 0 bridgehead atoms. The number of rotatable bonds is 2. The monoisotopic (exact) mass is 370 g/mol. The first-order chi connectivity index (χ1) is 9.15. The Balaban J connectivity index is 1.99. The molecule has 1 aliphatic rings. The van der Waals surface area contributed by atoms with E-state index in [4.69, 9.17) is 4.74 Å². The zero-order chi connectivity index (χ0) is 13.4. The van der Waals surface area contributed by atoms with E-state index in [0.29, 0.717) is 6.54 Å². The second-order valence-corrected chi connectivity index (χ2v) is 5.43. The minimum atomic E-state index is -0.0718. The van der Waals surface area contributed by atoms with Crippen LogP contribution < -0.4 is 9.64 Å². The van der Waals surface area contributed by atoms with Crippen LogP contribution in [0.5, 0.6) is 5.75 Å². The molecule has 0 radical (unpaired) electrons. The predicted molar refractivity (Wildman–Crippen MR) is 76.8 cm³/mol. The molecule has 1 aliphatic heterocycles. The molecule has 0 aliphatic carbocycles. The summed E-state index contributed by atoms with van der Waals surface area (Å²) in [5, 5.41) is 4.02. The zero-order valence-corrected chi connectivity index (χ0v) is 12.4. The summed E-state index contributed by atoms with van der Waals surface area (Å²) in [6.07, 6.45) is 1.48. The van der Waals surface area contributed by atoms with Crippen molar-refractivity contribution in [2.24, 2.45) is 7.05 Å². The molecular weight excluding hydrogens is 359 g/mol. The van der Waals surface area contributed by atoms with Crippen LogP contribution >= 0.6 is 22.6 Å². The van der Waals surface area contributed by atoms with Crippen molar-refractivity contribution in [2.45, 2.75) is 6.54 Å². The first-order valence-corrected chi connectivity index (χ1v) is 6.78. The number of benzene rings is 1. The highest BCUT2D eigenvalue weighted by molar-refractivity contribution is 14.1. The fourth-order valence-corrected chi connectivity index (χ4v) is 2.43. The Morgan fingerprint density at radius 3 is 3.05 bits per heavy atom. The Kier molecular flexibility index (Phi) is 3.13. The molecule has 98 valence electrons. The molecule has 1 aromatic carbocycles. The predicted octanol–water partition coefficient (Wildman–Crippen LogP) is 1.35. The summed E-state index contributed by atoms with van der Waals surface area (Å²) in [7, 11) is 1.81. The number of ether oxygens (including phenoxy) is 1. The largest absolute Gasteiger partial charge is 0.482 e. The summed E-state index contributed by atoms with van der Waals surface area (Å²) >= 11 is 2.21. The summed E-state index contributed by atoms with van der Waals surface area (Å²) in [4.78, 5) is 17.9. The molecule has 2 aromatic rings. The van der Waals surface area contributed by atoms with Gasteiger partial charge in [0.05, 0.1) is 12.2 Å². The highest BCUT2D eigenvalue weighted by Gasteiger charge is 2.26. The zero-order valence-electron chi connectivity index (χ0n) is 10.2. The molecule has 1 aromatic heterocycles. The number of carbonyl (C=O) groups is 1. The summed E-state index contributed by atoms with van der Waals surface area (Å²) < 4.78 is 8.15. The Morgan fingerprint density at radius 1 is 1.47 bits per heavy atom. The average Bonchev–Trinajstić information content (AvgIpc) is 2.79. The molecule has 6 nitrogen and oxygen atoms in total. The van der Waals surface area contributed by atoms with Crippen LogP contribution in [0.3, 0.4) is 0 Å². The minimum Gasteiger partial charge on any atom is -0.482 e. The molecule has 7 heteroatoms. The number of aromatic nitrogens is 3. The maximum absolute atomic E-state index is 12.0. The van der Waals surface area contributed by atoms with E-state index in [9.17, 15) is 4.79 Å². The number of aryl methyl sites for hydroxylation is 1. The molecule has 0 unspecified atom stereocenters. The van der Waals surface area contributed by atoms with Gasteiger partial charge in [-0.15, -0.1) is 0 Å². The van der Waals surface area contributed by atoms with Gasteiger partial charge in [0.1, 0.15) is 17.9 Å². The van der Waals surface area contributed by atoms with E-state index in [1.54, 1.807) is 9.58 Å². The molecule has 19 heavy (non-hydrogen) atoms. The Morgan fingerprint density at radius 2 is 2.32 bits per heavy atom. The van der Waals surface area contributed by atoms with Gasteiger partial charge in [-0.2, -0.15) is 5.10 Å². The number of amides is 1. The molecule has 0 N–H and O–H groups in total. The number of fused-ring (bicyclic) bond motifs is 1. The summed E-state index contributed by atoms with van der Waals surface area (Å²) in [6, 6.07) is 5.77. The van der Waals surface area contributed by atoms with Crippen LogP contribution in [0.1, 0.15) is 5.82 Å². The quantitative estimate of drug-likeness (QED) is 0.749. The Labute approximate surface area is 123 Å². The smallest absolute Gasteiger partial charge is 0.265 e. The molecule has 3 rings (SSSR count). The SMILES string of the molecule is Cn1ncnc1CN1C(=O)COc2ccc(I)cc21. The van der Waals surface area contributed by atoms with Gasteiger partial charge in [-0.3, -0.25) is 14.4 Å². The van der Waals surface area contributed by atoms with Crippen molar-refractivity contribution in [3.8, 4) is 5.75 Å². The van der Waals surface area contributed by atoms with Crippen LogP contribution in [0.15, 0.2) is 24.5 Å². The maximum Gasteiger partial charge on any atom is 0.265 e. The number of nitrogens with zero attached hydrogens (tertiary/aromatic N) is 4. The van der Waals surface area contributed by atoms with Gasteiger partial charge in [0.2, 0.25) is 0 Å². The van der Waals surface area contributed by atoms with E-state index in [0.717, 1.165) is 20.8 Å². The fourth-order valence-electron chi connectivity index (χ4n) is 1.95. The van der Waals surface area contributed by atoms with Gasteiger partial charge in [-0.25, -0.2) is 4.98 Å². The minimum absolute atomic E-state index is 0.0610. The molecule has 1 amide bonds. The third-order valence-electron chi connectivity index (χ3n) is 2.97. The lowest BCUT2D eigenvalue weighted by Crippen LogP contribution is -2.39. The van der Waals surface area contributed by atoms with Crippen molar-refractivity contribution < 1.29 is 9.53 Å². The highest BCUT2D eigenvalue weighted by atomic mass is 127. The Bertz CT molecular complexity index is 640. The second-order valence-electron chi connectivity index (χ2n) is 4.18. The number of carbonyl (C=O) groups excluding carboxylic acids is 1. The third-order valence-corrected chi connectivity index (χ3v) is 3.64. The first-order valence-electron chi connectivity index (χ1n) is 5.71. The van der Waals surface area contributed by atoms with E-state index in [1.165, 1.54) is 6.33 Å². The summed E-state index contributed by atoms with van der Waals surface area (Å²) in [5.74, 6) is 1.39. The fraction of sp³-hybridized carbons (Fsp3) is 0.250. The molecular formula is C12H11IN4O2. The number of anilines is 1. The molecule has 2 heterocycles. The van der Waals surface area contributed by atoms with E-state index in [-0.39, 0.29) is 12.5 Å². The number of hydrogen-bond acceptors (Lipinski definition) is 4. The van der Waals surface area contributed by atoms with Gasteiger partial charge >= 0.3 is 0 Å². The lowest BCUT2D eigenvalue weighted by atomic mass is 10.2. The molecule has 0 saturated heterocycles. The van der Waals surface area contributed by atoms with Gasteiger partial charge in [0.15, 0.2) is 6.61 Å². The van der Waals surface area contributed by atoms with Crippen LogP contribution in [0, 0.1) is 3.57 Å². The van der Waals surface area contributed by atoms with Crippen molar-refractivity contribution in [1.29, 1.82) is 0 Å². The van der Waals surface area contributed by atoms with Gasteiger partial charge < -0.3 is 4.74 Å². The third kappa shape index (κ3) is 2.29. The lowest BCUT2D eigenvalue weighted by Gasteiger charge is -2.29. The molecule has 0 fully saturated rings. The van der Waals surface area contributed by atoms with Gasteiger partial charge in [-0.1, -0.05) is 0 Å². The van der Waals surface area contributed by atoms with E-state index >= 15 is 0 Å². The van der Waals surface area contributed by atoms with Crippen LogP contribution in [0.25, 0.3) is 0 Å². The van der Waals surface area contributed by atoms with E-state index in [2.05, 4.69) is 32.7 Å². The summed E-state index contributed by atoms with van der Waals surface area (Å²) in [6.45, 7) is 0.456. The van der Waals surface area contributed by atoms with Crippen molar-refractivity contribution in [2.75, 3.05) is 11.5 Å². The molecule has 0 spiro atoms.